The molecule has 0 radical (unpaired) electrons. The minimum absolute atomic E-state index is 0.141. The van der Waals surface area contributed by atoms with Crippen LogP contribution in [-0.2, 0) is 20.2 Å². The lowest BCUT2D eigenvalue weighted by Gasteiger charge is -2.20. The van der Waals surface area contributed by atoms with Crippen molar-refractivity contribution in [1.29, 1.82) is 5.41 Å². The summed E-state index contributed by atoms with van der Waals surface area (Å²) in [6, 6.07) is 6.23. The first-order valence-corrected chi connectivity index (χ1v) is 14.9. The van der Waals surface area contributed by atoms with Crippen LogP contribution in [0.15, 0.2) is 62.7 Å². The molecule has 19 heteroatoms. The van der Waals surface area contributed by atoms with Crippen molar-refractivity contribution in [2.75, 3.05) is 5.73 Å². The summed E-state index contributed by atoms with van der Waals surface area (Å²) in [6.45, 7) is 0. The Morgan fingerprint density at radius 2 is 1.41 bits per heavy atom. The zero-order valence-electron chi connectivity index (χ0n) is 22.1. The van der Waals surface area contributed by atoms with Crippen LogP contribution in [0.1, 0.15) is 20.7 Å². The van der Waals surface area contributed by atoms with Gasteiger partial charge >= 0.3 is 11.9 Å². The number of carbonyl (C=O) groups excluding carboxylic acids is 1. The number of nitrogens with two attached hydrogens (primary N) is 1. The Balaban J connectivity index is 1.85. The number of benzene rings is 4. The van der Waals surface area contributed by atoms with E-state index in [2.05, 4.69) is 4.74 Å². The van der Waals surface area contributed by atoms with Crippen molar-refractivity contribution < 1.29 is 67.4 Å². The first kappa shape index (κ1) is 32.0. The summed E-state index contributed by atoms with van der Waals surface area (Å²) in [5.74, 6) is -14.0. The van der Waals surface area contributed by atoms with Gasteiger partial charge in [-0.3, -0.25) is 14.5 Å². The molecule has 0 saturated heterocycles. The molecule has 0 aromatic heterocycles. The lowest BCUT2D eigenvalue weighted by molar-refractivity contribution is 0.0697. The van der Waals surface area contributed by atoms with Gasteiger partial charge in [0.05, 0.1) is 22.2 Å². The standard InChI is InChI=1S/C27H14F4N2O11S2/c28-14-8-15(29)20(31)23(19(14)30)44-27(36)9-1-2-10(13(7-9)26(34)35)18-11-3-5-16(32)24(45(37,38)39)21(11)43-22-12(18)4-6-17(33)25(22)46(40,41)42/h1-8,32H,33H2,(H,34,35)(H,37,38,39)(H,40,41,42). The van der Waals surface area contributed by atoms with Gasteiger partial charge in [-0.1, -0.05) is 6.07 Å². The first-order chi connectivity index (χ1) is 21.3. The average molecular weight is 683 g/mol. The van der Waals surface area contributed by atoms with E-state index in [4.69, 9.17) is 15.6 Å². The van der Waals surface area contributed by atoms with Crippen molar-refractivity contribution in [3.8, 4) is 28.2 Å². The van der Waals surface area contributed by atoms with Crippen LogP contribution in [0, 0.1) is 28.7 Å². The van der Waals surface area contributed by atoms with Crippen LogP contribution in [-0.4, -0.2) is 43.0 Å². The van der Waals surface area contributed by atoms with Crippen LogP contribution < -0.4 is 15.8 Å². The highest BCUT2D eigenvalue weighted by Gasteiger charge is 2.32. The normalized spacial score (nSPS) is 12.0. The molecule has 1 aliphatic carbocycles. The number of carbonyl (C=O) groups is 2. The summed E-state index contributed by atoms with van der Waals surface area (Å²) in [6.07, 6.45) is 0. The van der Waals surface area contributed by atoms with E-state index in [0.717, 1.165) is 36.4 Å². The van der Waals surface area contributed by atoms with E-state index in [1.807, 2.05) is 0 Å². The third-order valence-electron chi connectivity index (χ3n) is 6.53. The maximum absolute atomic E-state index is 14.1. The van der Waals surface area contributed by atoms with Crippen LogP contribution in [0.2, 0.25) is 0 Å². The predicted molar refractivity (Wildman–Crippen MR) is 146 cm³/mol. The van der Waals surface area contributed by atoms with Crippen LogP contribution in [0.25, 0.3) is 33.4 Å². The zero-order valence-corrected chi connectivity index (χ0v) is 23.8. The van der Waals surface area contributed by atoms with Gasteiger partial charge in [0.1, 0.15) is 0 Å². The molecule has 6 N–H and O–H groups in total. The van der Waals surface area contributed by atoms with Crippen molar-refractivity contribution in [1.82, 2.24) is 0 Å². The van der Waals surface area contributed by atoms with E-state index in [1.165, 1.54) is 0 Å². The van der Waals surface area contributed by atoms with E-state index in [-0.39, 0.29) is 22.6 Å². The number of anilines is 1. The Kier molecular flexibility index (Phi) is 7.60. The highest BCUT2D eigenvalue weighted by molar-refractivity contribution is 7.86. The molecule has 3 aromatic carbocycles. The van der Waals surface area contributed by atoms with Gasteiger partial charge in [-0.2, -0.15) is 25.6 Å². The smallest absolute Gasteiger partial charge is 0.343 e. The number of nitrogens with one attached hydrogen (secondary N) is 1. The summed E-state index contributed by atoms with van der Waals surface area (Å²) < 4.78 is 134. The van der Waals surface area contributed by atoms with Gasteiger partial charge in [0.2, 0.25) is 17.4 Å². The summed E-state index contributed by atoms with van der Waals surface area (Å²) in [5.41, 5.74) is 1.68. The second-order valence-electron chi connectivity index (χ2n) is 9.36. The Hall–Kier alpha value is -5.37. The van der Waals surface area contributed by atoms with Crippen LogP contribution in [0.4, 0.5) is 23.2 Å². The van der Waals surface area contributed by atoms with Crippen LogP contribution in [0.5, 0.6) is 5.75 Å². The molecule has 13 nitrogen and oxygen atoms in total. The summed E-state index contributed by atoms with van der Waals surface area (Å²) >= 11 is 0. The molecule has 46 heavy (non-hydrogen) atoms. The molecule has 5 rings (SSSR count). The fourth-order valence-electron chi connectivity index (χ4n) is 4.66. The minimum Gasteiger partial charge on any atom is -0.478 e. The highest BCUT2D eigenvalue weighted by Crippen LogP contribution is 2.45. The monoisotopic (exact) mass is 682 g/mol. The molecule has 0 spiro atoms. The highest BCUT2D eigenvalue weighted by atomic mass is 32.2. The molecule has 2 aliphatic rings. The fraction of sp³-hybridized carbons (Fsp3) is 0. The number of hydrogen-bond acceptors (Lipinski definition) is 10. The number of hydrogen-bond donors (Lipinski definition) is 5. The number of carboxylic acid groups (broad SMARTS) is 1. The van der Waals surface area contributed by atoms with Gasteiger partial charge in [-0.15, -0.1) is 0 Å². The second kappa shape index (κ2) is 10.9. The van der Waals surface area contributed by atoms with Gasteiger partial charge in [0, 0.05) is 22.6 Å². The number of carboxylic acids is 1. The van der Waals surface area contributed by atoms with Gasteiger partial charge in [0.15, 0.2) is 32.8 Å². The number of halogens is 4. The predicted octanol–water partition coefficient (Wildman–Crippen LogP) is 4.23. The first-order valence-electron chi connectivity index (χ1n) is 12.1. The molecule has 0 unspecified atom stereocenters. The minimum atomic E-state index is -5.29. The Labute approximate surface area is 253 Å². The zero-order chi connectivity index (χ0) is 34.0. The lowest BCUT2D eigenvalue weighted by atomic mass is 9.89. The molecule has 0 amide bonds. The molecular weight excluding hydrogens is 668 g/mol. The Morgan fingerprint density at radius 1 is 0.826 bits per heavy atom. The number of esters is 1. The number of ether oxygens (including phenoxy) is 1. The number of aromatic carboxylic acids is 1. The van der Waals surface area contributed by atoms with E-state index in [0.29, 0.717) is 6.07 Å². The fourth-order valence-corrected chi connectivity index (χ4v) is 6.14. The van der Waals surface area contributed by atoms with Gasteiger partial charge < -0.3 is 20.0 Å². The average Bonchev–Trinajstić information content (AvgIpc) is 2.95. The van der Waals surface area contributed by atoms with Crippen molar-refractivity contribution in [2.24, 2.45) is 0 Å². The summed E-state index contributed by atoms with van der Waals surface area (Å²) in [7, 11) is -10.5. The van der Waals surface area contributed by atoms with E-state index < -0.39 is 110 Å². The molecule has 0 atom stereocenters. The lowest BCUT2D eigenvalue weighted by Crippen LogP contribution is -2.17. The molecular formula is C27H14F4N2O11S2. The van der Waals surface area contributed by atoms with Crippen LogP contribution in [0.3, 0.4) is 0 Å². The number of fused-ring (bicyclic) bond motifs is 2. The second-order valence-corrected chi connectivity index (χ2v) is 12.1. The van der Waals surface area contributed by atoms with Gasteiger partial charge in [-0.05, 0) is 42.0 Å². The Bertz CT molecular complexity index is 2400. The van der Waals surface area contributed by atoms with E-state index in [1.54, 1.807) is 0 Å². The third-order valence-corrected chi connectivity index (χ3v) is 8.39. The van der Waals surface area contributed by atoms with Gasteiger partial charge in [-0.25, -0.2) is 18.4 Å². The number of rotatable bonds is 6. The SMILES string of the molecule is N=c1ccc2c(-c3ccc(C(=O)Oc4c(F)c(F)cc(F)c4F)cc3C(=O)O)c3ccc(N)c(S(=O)(=O)O)c3oc-2c1S(=O)(=O)O. The summed E-state index contributed by atoms with van der Waals surface area (Å²) in [5, 5.41) is 16.9. The maximum Gasteiger partial charge on any atom is 0.343 e. The van der Waals surface area contributed by atoms with Crippen molar-refractivity contribution in [2.45, 2.75) is 9.79 Å². The summed E-state index contributed by atoms with van der Waals surface area (Å²) in [4.78, 5) is 22.9. The van der Waals surface area contributed by atoms with Crippen LogP contribution >= 0.6 is 0 Å². The van der Waals surface area contributed by atoms with Crippen molar-refractivity contribution >= 4 is 48.8 Å². The maximum atomic E-state index is 14.1. The van der Waals surface area contributed by atoms with E-state index in [9.17, 15) is 58.2 Å². The quantitative estimate of drug-likeness (QED) is 0.0322. The molecule has 3 aromatic rings. The topological polar surface area (TPSA) is 235 Å². The molecule has 0 saturated carbocycles. The Morgan fingerprint density at radius 3 is 1.98 bits per heavy atom. The van der Waals surface area contributed by atoms with E-state index >= 15 is 0 Å². The molecule has 238 valence electrons. The third kappa shape index (κ3) is 5.30. The molecule has 1 aliphatic heterocycles. The van der Waals surface area contributed by atoms with Crippen molar-refractivity contribution in [3.05, 3.63) is 88.3 Å². The number of nitrogen functional groups attached to an aromatic ring is 1. The largest absolute Gasteiger partial charge is 0.478 e. The molecule has 0 fully saturated rings. The molecule has 1 heterocycles. The van der Waals surface area contributed by atoms with Crippen molar-refractivity contribution in [3.63, 3.8) is 0 Å². The van der Waals surface area contributed by atoms with Gasteiger partial charge in [0.25, 0.3) is 20.2 Å². The molecule has 0 bridgehead atoms.